The monoisotopic (exact) mass is 355 g/mol. The number of alkyl halides is 3. The second-order valence-electron chi connectivity index (χ2n) is 5.14. The van der Waals surface area contributed by atoms with Crippen LogP contribution in [0.15, 0.2) is 54.6 Å². The van der Waals surface area contributed by atoms with Crippen LogP contribution >= 0.6 is 0 Å². The molecule has 0 fully saturated rings. The smallest absolute Gasteiger partial charge is 0.346 e. The first-order chi connectivity index (χ1) is 11.3. The Hall–Kier alpha value is -2.15. The van der Waals surface area contributed by atoms with Crippen molar-refractivity contribution in [3.8, 4) is 11.1 Å². The van der Waals surface area contributed by atoms with Crippen LogP contribution in [0.5, 0.6) is 0 Å². The summed E-state index contributed by atoms with van der Waals surface area (Å²) >= 11 is 0. The Balaban J connectivity index is 2.01. The summed E-state index contributed by atoms with van der Waals surface area (Å²) in [6, 6.07) is 16.8. The van der Waals surface area contributed by atoms with Gasteiger partial charge in [0.1, 0.15) is 12.3 Å². The third-order valence-electron chi connectivity index (χ3n) is 3.20. The summed E-state index contributed by atoms with van der Waals surface area (Å²) in [5.41, 5.74) is 2.62. The highest BCUT2D eigenvalue weighted by atomic mass is 32.2. The molecule has 0 saturated heterocycles. The lowest BCUT2D eigenvalue weighted by molar-refractivity contribution is -0.136. The maximum absolute atomic E-state index is 12.1. The van der Waals surface area contributed by atoms with Crippen molar-refractivity contribution in [3.63, 3.8) is 0 Å². The zero-order valence-electron chi connectivity index (χ0n) is 12.7. The largest absolute Gasteiger partial charge is 0.405 e. The molecule has 0 bridgehead atoms. The molecule has 0 heterocycles. The Morgan fingerprint density at radius 1 is 1.00 bits per heavy atom. The van der Waals surface area contributed by atoms with Gasteiger partial charge in [-0.05, 0) is 16.7 Å². The molecule has 128 valence electrons. The van der Waals surface area contributed by atoms with E-state index in [9.17, 15) is 22.2 Å². The van der Waals surface area contributed by atoms with E-state index in [-0.39, 0.29) is 5.75 Å². The maximum atomic E-state index is 12.1. The summed E-state index contributed by atoms with van der Waals surface area (Å²) in [5.74, 6) is -1.23. The van der Waals surface area contributed by atoms with E-state index in [0.29, 0.717) is 0 Å². The average molecular weight is 355 g/mol. The van der Waals surface area contributed by atoms with Gasteiger partial charge < -0.3 is 5.32 Å². The minimum Gasteiger partial charge on any atom is -0.346 e. The van der Waals surface area contributed by atoms with Crippen LogP contribution in [0.4, 0.5) is 13.2 Å². The molecule has 0 spiro atoms. The first-order valence-corrected chi connectivity index (χ1v) is 8.66. The van der Waals surface area contributed by atoms with Gasteiger partial charge in [-0.15, -0.1) is 0 Å². The SMILES string of the molecule is O=C(CS(=O)Cc1ccccc1-c1ccccc1)NCC(F)(F)F. The predicted molar refractivity (Wildman–Crippen MR) is 87.7 cm³/mol. The van der Waals surface area contributed by atoms with E-state index in [1.54, 1.807) is 17.4 Å². The minimum atomic E-state index is -4.48. The lowest BCUT2D eigenvalue weighted by Crippen LogP contribution is -2.36. The number of hydrogen-bond donors (Lipinski definition) is 1. The Bertz CT molecular complexity index is 717. The van der Waals surface area contributed by atoms with Crippen molar-refractivity contribution in [2.45, 2.75) is 11.9 Å². The van der Waals surface area contributed by atoms with Gasteiger partial charge in [-0.3, -0.25) is 9.00 Å². The van der Waals surface area contributed by atoms with Crippen molar-refractivity contribution >= 4 is 16.7 Å². The second kappa shape index (κ2) is 8.10. The van der Waals surface area contributed by atoms with Crippen LogP contribution < -0.4 is 5.32 Å². The van der Waals surface area contributed by atoms with E-state index in [1.165, 1.54) is 0 Å². The van der Waals surface area contributed by atoms with Crippen LogP contribution in [0.2, 0.25) is 0 Å². The van der Waals surface area contributed by atoms with Crippen LogP contribution in [0, 0.1) is 0 Å². The highest BCUT2D eigenvalue weighted by molar-refractivity contribution is 7.84. The van der Waals surface area contributed by atoms with Gasteiger partial charge in [0.25, 0.3) is 0 Å². The molecule has 2 rings (SSSR count). The molecular weight excluding hydrogens is 339 g/mol. The number of carbonyl (C=O) groups excluding carboxylic acids is 1. The fourth-order valence-corrected chi connectivity index (χ4v) is 3.26. The molecule has 1 atom stereocenters. The van der Waals surface area contributed by atoms with E-state index in [4.69, 9.17) is 0 Å². The Kier molecular flexibility index (Phi) is 6.14. The molecule has 0 aliphatic heterocycles. The molecule has 3 nitrogen and oxygen atoms in total. The summed E-state index contributed by atoms with van der Waals surface area (Å²) in [5, 5.41) is 1.73. The molecule has 2 aromatic rings. The second-order valence-corrected chi connectivity index (χ2v) is 6.60. The molecule has 1 amide bonds. The van der Waals surface area contributed by atoms with Gasteiger partial charge in [0.15, 0.2) is 0 Å². The number of amides is 1. The summed E-state index contributed by atoms with van der Waals surface area (Å²) < 4.78 is 48.3. The fourth-order valence-electron chi connectivity index (χ4n) is 2.17. The van der Waals surface area contributed by atoms with Crippen LogP contribution in [0.1, 0.15) is 5.56 Å². The summed E-state index contributed by atoms with van der Waals surface area (Å²) in [7, 11) is -1.59. The molecule has 0 saturated carbocycles. The molecule has 0 aromatic heterocycles. The number of halogens is 3. The molecule has 1 N–H and O–H groups in total. The van der Waals surface area contributed by atoms with Crippen molar-refractivity contribution in [2.24, 2.45) is 0 Å². The van der Waals surface area contributed by atoms with Crippen molar-refractivity contribution in [1.29, 1.82) is 0 Å². The molecular formula is C17H16F3NO2S. The Labute approximate surface area is 140 Å². The maximum Gasteiger partial charge on any atom is 0.405 e. The number of rotatable bonds is 6. The van der Waals surface area contributed by atoms with Gasteiger partial charge in [-0.25, -0.2) is 0 Å². The van der Waals surface area contributed by atoms with Crippen LogP contribution in [0.25, 0.3) is 11.1 Å². The van der Waals surface area contributed by atoms with Gasteiger partial charge in [0, 0.05) is 16.6 Å². The molecule has 0 radical (unpaired) electrons. The van der Waals surface area contributed by atoms with Crippen LogP contribution in [0.3, 0.4) is 0 Å². The quantitative estimate of drug-likeness (QED) is 0.864. The lowest BCUT2D eigenvalue weighted by Gasteiger charge is -2.11. The van der Waals surface area contributed by atoms with Crippen molar-refractivity contribution in [2.75, 3.05) is 12.3 Å². The van der Waals surface area contributed by atoms with Gasteiger partial charge in [-0.1, -0.05) is 54.6 Å². The van der Waals surface area contributed by atoms with Crippen molar-refractivity contribution < 1.29 is 22.2 Å². The fraction of sp³-hybridized carbons (Fsp3) is 0.235. The van der Waals surface area contributed by atoms with Crippen molar-refractivity contribution in [3.05, 3.63) is 60.2 Å². The third kappa shape index (κ3) is 5.81. The predicted octanol–water partition coefficient (Wildman–Crippen LogP) is 3.28. The van der Waals surface area contributed by atoms with E-state index in [1.807, 2.05) is 42.5 Å². The first kappa shape index (κ1) is 18.2. The number of hydrogen-bond acceptors (Lipinski definition) is 2. The summed E-state index contributed by atoms with van der Waals surface area (Å²) in [4.78, 5) is 11.4. The van der Waals surface area contributed by atoms with Gasteiger partial charge in [-0.2, -0.15) is 13.2 Å². The molecule has 0 aliphatic rings. The van der Waals surface area contributed by atoms with E-state index in [2.05, 4.69) is 0 Å². The Morgan fingerprint density at radius 2 is 1.62 bits per heavy atom. The van der Waals surface area contributed by atoms with Crippen LogP contribution in [-0.2, 0) is 21.3 Å². The van der Waals surface area contributed by atoms with Gasteiger partial charge in [0.2, 0.25) is 5.91 Å². The lowest BCUT2D eigenvalue weighted by atomic mass is 10.0. The number of nitrogens with one attached hydrogen (secondary N) is 1. The molecule has 2 aromatic carbocycles. The molecule has 24 heavy (non-hydrogen) atoms. The molecule has 7 heteroatoms. The number of carbonyl (C=O) groups is 1. The number of benzene rings is 2. The molecule has 0 aliphatic carbocycles. The summed E-state index contributed by atoms with van der Waals surface area (Å²) in [6.45, 7) is -1.41. The molecule has 1 unspecified atom stereocenters. The normalized spacial score (nSPS) is 12.6. The van der Waals surface area contributed by atoms with Crippen molar-refractivity contribution in [1.82, 2.24) is 5.32 Å². The first-order valence-electron chi connectivity index (χ1n) is 7.17. The summed E-state index contributed by atoms with van der Waals surface area (Å²) in [6.07, 6.45) is -4.48. The highest BCUT2D eigenvalue weighted by Crippen LogP contribution is 2.24. The topological polar surface area (TPSA) is 46.2 Å². The van der Waals surface area contributed by atoms with E-state index in [0.717, 1.165) is 16.7 Å². The zero-order valence-corrected chi connectivity index (χ0v) is 13.5. The highest BCUT2D eigenvalue weighted by Gasteiger charge is 2.27. The standard InChI is InChI=1S/C17H16F3NO2S/c18-17(19,20)12-21-16(22)11-24(23)10-14-8-4-5-9-15(14)13-6-2-1-3-7-13/h1-9H,10-12H2,(H,21,22). The van der Waals surface area contributed by atoms with E-state index < -0.39 is 35.2 Å². The zero-order chi connectivity index (χ0) is 17.6. The third-order valence-corrected chi connectivity index (χ3v) is 4.41. The van der Waals surface area contributed by atoms with E-state index >= 15 is 0 Å². The van der Waals surface area contributed by atoms with Crippen LogP contribution in [-0.4, -0.2) is 28.6 Å². The minimum absolute atomic E-state index is 0.102. The Morgan fingerprint density at radius 3 is 2.29 bits per heavy atom. The van der Waals surface area contributed by atoms with Gasteiger partial charge >= 0.3 is 6.18 Å². The van der Waals surface area contributed by atoms with Gasteiger partial charge in [0.05, 0.1) is 0 Å². The average Bonchev–Trinajstić information content (AvgIpc) is 2.53.